The van der Waals surface area contributed by atoms with Crippen LogP contribution in [0, 0.1) is 17.1 Å². The number of rotatable bonds is 3. The Kier molecular flexibility index (Phi) is 3.72. The van der Waals surface area contributed by atoms with E-state index in [1.165, 1.54) is 17.8 Å². The van der Waals surface area contributed by atoms with E-state index in [2.05, 4.69) is 23.1 Å². The average Bonchev–Trinajstić information content (AvgIpc) is 2.83. The molecule has 0 bridgehead atoms. The first kappa shape index (κ1) is 13.8. The van der Waals surface area contributed by atoms with Crippen LogP contribution in [0.2, 0.25) is 0 Å². The van der Waals surface area contributed by atoms with Gasteiger partial charge < -0.3 is 4.90 Å². The van der Waals surface area contributed by atoms with Crippen LogP contribution in [0.3, 0.4) is 0 Å². The fraction of sp³-hybridized carbons (Fsp3) is 0.375. The second kappa shape index (κ2) is 5.66. The molecule has 0 spiro atoms. The lowest BCUT2D eigenvalue weighted by Crippen LogP contribution is -2.27. The Morgan fingerprint density at radius 3 is 3.05 bits per heavy atom. The summed E-state index contributed by atoms with van der Waals surface area (Å²) >= 11 is 0. The van der Waals surface area contributed by atoms with E-state index in [1.54, 1.807) is 6.07 Å². The topological polar surface area (TPSA) is 44.9 Å². The molecule has 1 aromatic heterocycles. The molecule has 3 rings (SSSR count). The molecule has 21 heavy (non-hydrogen) atoms. The molecule has 1 aliphatic rings. The maximum atomic E-state index is 13.5. The van der Waals surface area contributed by atoms with Crippen molar-refractivity contribution in [1.82, 2.24) is 14.7 Å². The van der Waals surface area contributed by atoms with E-state index in [9.17, 15) is 4.39 Å². The van der Waals surface area contributed by atoms with Gasteiger partial charge in [-0.2, -0.15) is 10.4 Å². The number of hydrogen-bond donors (Lipinski definition) is 0. The van der Waals surface area contributed by atoms with Gasteiger partial charge in [0, 0.05) is 36.3 Å². The summed E-state index contributed by atoms with van der Waals surface area (Å²) in [6, 6.07) is 8.71. The van der Waals surface area contributed by atoms with Crippen molar-refractivity contribution in [1.29, 1.82) is 5.26 Å². The van der Waals surface area contributed by atoms with E-state index in [0.29, 0.717) is 13.0 Å². The first-order valence-corrected chi connectivity index (χ1v) is 7.09. The van der Waals surface area contributed by atoms with E-state index < -0.39 is 0 Å². The minimum Gasteiger partial charge on any atom is -0.302 e. The second-order valence-electron chi connectivity index (χ2n) is 5.40. The minimum atomic E-state index is -0.253. The lowest BCUT2D eigenvalue weighted by molar-refractivity contribution is 0.307. The zero-order valence-corrected chi connectivity index (χ0v) is 12.0. The van der Waals surface area contributed by atoms with Crippen molar-refractivity contribution < 1.29 is 4.39 Å². The number of benzene rings is 1. The Labute approximate surface area is 123 Å². The van der Waals surface area contributed by atoms with Crippen LogP contribution in [-0.2, 0) is 19.5 Å². The quantitative estimate of drug-likeness (QED) is 0.870. The third-order valence-electron chi connectivity index (χ3n) is 3.86. The van der Waals surface area contributed by atoms with Gasteiger partial charge in [-0.25, -0.2) is 4.39 Å². The van der Waals surface area contributed by atoms with Gasteiger partial charge in [-0.05, 0) is 19.2 Å². The van der Waals surface area contributed by atoms with Crippen molar-refractivity contribution in [3.05, 3.63) is 41.3 Å². The summed E-state index contributed by atoms with van der Waals surface area (Å²) in [7, 11) is 2.07. The molecule has 0 unspecified atom stereocenters. The Bertz CT molecular complexity index is 699. The molecule has 2 aromatic rings. The average molecular weight is 284 g/mol. The molecular weight excluding hydrogens is 267 g/mol. The second-order valence-corrected chi connectivity index (χ2v) is 5.40. The van der Waals surface area contributed by atoms with E-state index in [1.807, 2.05) is 10.7 Å². The van der Waals surface area contributed by atoms with Gasteiger partial charge in [-0.15, -0.1) is 0 Å². The van der Waals surface area contributed by atoms with Crippen molar-refractivity contribution in [2.45, 2.75) is 25.9 Å². The van der Waals surface area contributed by atoms with Gasteiger partial charge in [0.25, 0.3) is 0 Å². The van der Waals surface area contributed by atoms with Crippen LogP contribution in [0.5, 0.6) is 0 Å². The third-order valence-corrected chi connectivity index (χ3v) is 3.86. The van der Waals surface area contributed by atoms with Crippen LogP contribution < -0.4 is 0 Å². The van der Waals surface area contributed by atoms with E-state index in [0.717, 1.165) is 36.3 Å². The molecule has 0 saturated heterocycles. The molecule has 1 aliphatic heterocycles. The van der Waals surface area contributed by atoms with Crippen molar-refractivity contribution in [3.63, 3.8) is 0 Å². The lowest BCUT2D eigenvalue weighted by atomic mass is 10.0. The van der Waals surface area contributed by atoms with Gasteiger partial charge in [-0.1, -0.05) is 12.1 Å². The summed E-state index contributed by atoms with van der Waals surface area (Å²) in [5.74, 6) is -0.253. The molecule has 0 atom stereocenters. The number of aryl methyl sites for hydroxylation is 1. The molecule has 5 heteroatoms. The first-order valence-electron chi connectivity index (χ1n) is 7.09. The summed E-state index contributed by atoms with van der Waals surface area (Å²) in [5.41, 5.74) is 3.99. The molecule has 0 aliphatic carbocycles. The SMILES string of the molecule is CN1CCc2c(c(-c3cccc(F)c3)nn2CCC#N)C1. The van der Waals surface area contributed by atoms with Gasteiger partial charge >= 0.3 is 0 Å². The minimum absolute atomic E-state index is 0.253. The third kappa shape index (κ3) is 2.67. The number of aromatic nitrogens is 2. The number of nitriles is 1. The highest BCUT2D eigenvalue weighted by atomic mass is 19.1. The monoisotopic (exact) mass is 284 g/mol. The van der Waals surface area contributed by atoms with Gasteiger partial charge in [0.05, 0.1) is 24.7 Å². The molecule has 0 saturated carbocycles. The number of hydrogen-bond acceptors (Lipinski definition) is 3. The molecule has 108 valence electrons. The fourth-order valence-electron chi connectivity index (χ4n) is 2.83. The molecular formula is C16H17FN4. The number of nitrogens with zero attached hydrogens (tertiary/aromatic N) is 4. The zero-order valence-electron chi connectivity index (χ0n) is 12.0. The molecule has 1 aromatic carbocycles. The summed E-state index contributed by atoms with van der Waals surface area (Å²) in [6.45, 7) is 2.39. The largest absolute Gasteiger partial charge is 0.302 e. The van der Waals surface area contributed by atoms with E-state index in [-0.39, 0.29) is 5.82 Å². The summed E-state index contributed by atoms with van der Waals surface area (Å²) in [6.07, 6.45) is 1.35. The van der Waals surface area contributed by atoms with Crippen LogP contribution in [0.15, 0.2) is 24.3 Å². The van der Waals surface area contributed by atoms with E-state index in [4.69, 9.17) is 5.26 Å². The predicted octanol–water partition coefficient (Wildman–Crippen LogP) is 2.59. The normalized spacial score (nSPS) is 14.7. The molecule has 0 radical (unpaired) electrons. The van der Waals surface area contributed by atoms with Crippen LogP contribution in [-0.4, -0.2) is 28.3 Å². The Hall–Kier alpha value is -2.19. The fourth-order valence-corrected chi connectivity index (χ4v) is 2.83. The van der Waals surface area contributed by atoms with Crippen LogP contribution in [0.25, 0.3) is 11.3 Å². The molecule has 4 nitrogen and oxygen atoms in total. The molecule has 0 N–H and O–H groups in total. The first-order chi connectivity index (χ1) is 10.2. The van der Waals surface area contributed by atoms with Crippen LogP contribution in [0.1, 0.15) is 17.7 Å². The van der Waals surface area contributed by atoms with Gasteiger partial charge in [0.1, 0.15) is 5.82 Å². The number of fused-ring (bicyclic) bond motifs is 1. The van der Waals surface area contributed by atoms with Gasteiger partial charge in [0.2, 0.25) is 0 Å². The van der Waals surface area contributed by atoms with Crippen molar-refractivity contribution in [2.24, 2.45) is 0 Å². The smallest absolute Gasteiger partial charge is 0.123 e. The highest BCUT2D eigenvalue weighted by Crippen LogP contribution is 2.30. The number of halogens is 1. The van der Waals surface area contributed by atoms with Crippen LogP contribution in [0.4, 0.5) is 4.39 Å². The van der Waals surface area contributed by atoms with Crippen molar-refractivity contribution in [2.75, 3.05) is 13.6 Å². The highest BCUT2D eigenvalue weighted by Gasteiger charge is 2.23. The predicted molar refractivity (Wildman–Crippen MR) is 77.9 cm³/mol. The van der Waals surface area contributed by atoms with Gasteiger partial charge in [-0.3, -0.25) is 4.68 Å². The maximum Gasteiger partial charge on any atom is 0.123 e. The summed E-state index contributed by atoms with van der Waals surface area (Å²) in [4.78, 5) is 2.24. The van der Waals surface area contributed by atoms with Crippen molar-refractivity contribution >= 4 is 0 Å². The Balaban J connectivity index is 2.08. The highest BCUT2D eigenvalue weighted by molar-refractivity contribution is 5.64. The lowest BCUT2D eigenvalue weighted by Gasteiger charge is -2.23. The summed E-state index contributed by atoms with van der Waals surface area (Å²) < 4.78 is 15.4. The van der Waals surface area contributed by atoms with Crippen LogP contribution >= 0.6 is 0 Å². The van der Waals surface area contributed by atoms with Crippen molar-refractivity contribution in [3.8, 4) is 17.3 Å². The number of likely N-dealkylation sites (N-methyl/N-ethyl adjacent to an activating group) is 1. The maximum absolute atomic E-state index is 13.5. The molecule has 2 heterocycles. The van der Waals surface area contributed by atoms with E-state index >= 15 is 0 Å². The Morgan fingerprint density at radius 2 is 2.29 bits per heavy atom. The van der Waals surface area contributed by atoms with Gasteiger partial charge in [0.15, 0.2) is 0 Å². The summed E-state index contributed by atoms with van der Waals surface area (Å²) in [5, 5.41) is 13.4. The molecule has 0 fully saturated rings. The molecule has 0 amide bonds. The zero-order chi connectivity index (χ0) is 14.8. The standard InChI is InChI=1S/C16H17FN4/c1-20-9-6-15-14(11-20)16(19-21(15)8-3-7-18)12-4-2-5-13(17)10-12/h2,4-5,10H,3,6,8-9,11H2,1H3. The Morgan fingerprint density at radius 1 is 1.43 bits per heavy atom.